The third-order valence-corrected chi connectivity index (χ3v) is 5.26. The van der Waals surface area contributed by atoms with Crippen molar-refractivity contribution in [2.75, 3.05) is 42.5 Å². The summed E-state index contributed by atoms with van der Waals surface area (Å²) in [6.45, 7) is 4.58. The number of hydrogen-bond acceptors (Lipinski definition) is 4. The Labute approximate surface area is 148 Å². The Morgan fingerprint density at radius 3 is 2.44 bits per heavy atom. The van der Waals surface area contributed by atoms with Crippen molar-refractivity contribution in [3.63, 3.8) is 0 Å². The maximum atomic E-state index is 13.0. The number of anilines is 2. The van der Waals surface area contributed by atoms with Crippen LogP contribution in [-0.2, 0) is 11.8 Å². The van der Waals surface area contributed by atoms with Crippen LogP contribution in [0.1, 0.15) is 12.8 Å². The Morgan fingerprint density at radius 2 is 1.76 bits per heavy atom. The van der Waals surface area contributed by atoms with Crippen LogP contribution in [-0.4, -0.2) is 59.4 Å². The molecule has 2 aliphatic heterocycles. The number of piperazine rings is 1. The summed E-state index contributed by atoms with van der Waals surface area (Å²) in [5.41, 5.74) is 1.27. The van der Waals surface area contributed by atoms with Crippen molar-refractivity contribution in [2.24, 2.45) is 7.05 Å². The van der Waals surface area contributed by atoms with E-state index in [-0.39, 0.29) is 11.9 Å². The average molecular weight is 339 g/mol. The van der Waals surface area contributed by atoms with Crippen LogP contribution in [0.4, 0.5) is 11.5 Å². The molecule has 2 aliphatic rings. The number of para-hydroxylation sites is 1. The van der Waals surface area contributed by atoms with Crippen molar-refractivity contribution in [1.82, 2.24) is 14.7 Å². The minimum absolute atomic E-state index is 0.00585. The predicted octanol–water partition coefficient (Wildman–Crippen LogP) is 1.74. The molecule has 0 N–H and O–H groups in total. The predicted molar refractivity (Wildman–Crippen MR) is 98.8 cm³/mol. The molecule has 2 saturated heterocycles. The molecule has 2 aromatic rings. The average Bonchev–Trinajstić information content (AvgIpc) is 3.09. The molecule has 0 spiro atoms. The molecule has 0 aliphatic carbocycles. The zero-order valence-electron chi connectivity index (χ0n) is 14.7. The number of amides is 1. The SMILES string of the molecule is Cn1ccc(N2CCC[C@@H](N3CCN(c4ccccc4)CC3)C2=O)n1. The summed E-state index contributed by atoms with van der Waals surface area (Å²) in [4.78, 5) is 19.6. The molecule has 25 heavy (non-hydrogen) atoms. The van der Waals surface area contributed by atoms with Crippen molar-refractivity contribution in [1.29, 1.82) is 0 Å². The molecule has 0 radical (unpaired) electrons. The van der Waals surface area contributed by atoms with E-state index in [9.17, 15) is 4.79 Å². The van der Waals surface area contributed by atoms with E-state index in [4.69, 9.17) is 0 Å². The van der Waals surface area contributed by atoms with Crippen LogP contribution < -0.4 is 9.80 Å². The highest BCUT2D eigenvalue weighted by molar-refractivity contribution is 5.97. The Bertz CT molecular complexity index is 720. The van der Waals surface area contributed by atoms with E-state index in [1.165, 1.54) is 5.69 Å². The van der Waals surface area contributed by atoms with Gasteiger partial charge in [0.25, 0.3) is 0 Å². The van der Waals surface area contributed by atoms with Crippen LogP contribution in [0.5, 0.6) is 0 Å². The summed E-state index contributed by atoms with van der Waals surface area (Å²) in [7, 11) is 1.89. The lowest BCUT2D eigenvalue weighted by Gasteiger charge is -2.42. The summed E-state index contributed by atoms with van der Waals surface area (Å²) in [5, 5.41) is 4.41. The third-order valence-electron chi connectivity index (χ3n) is 5.26. The molecule has 0 saturated carbocycles. The molecule has 6 heteroatoms. The minimum Gasteiger partial charge on any atom is -0.369 e. The molecule has 3 heterocycles. The fourth-order valence-corrected chi connectivity index (χ4v) is 3.90. The second kappa shape index (κ2) is 6.88. The van der Waals surface area contributed by atoms with Gasteiger partial charge in [-0.3, -0.25) is 19.3 Å². The van der Waals surface area contributed by atoms with E-state index in [1.807, 2.05) is 30.3 Å². The van der Waals surface area contributed by atoms with Crippen LogP contribution in [0, 0.1) is 0 Å². The number of hydrogen-bond donors (Lipinski definition) is 0. The molecule has 4 rings (SSSR count). The fraction of sp³-hybridized carbons (Fsp3) is 0.474. The van der Waals surface area contributed by atoms with Crippen LogP contribution in [0.25, 0.3) is 0 Å². The van der Waals surface area contributed by atoms with Gasteiger partial charge in [0, 0.05) is 57.7 Å². The normalized spacial score (nSPS) is 22.4. The van der Waals surface area contributed by atoms with E-state index in [2.05, 4.69) is 39.2 Å². The van der Waals surface area contributed by atoms with Gasteiger partial charge >= 0.3 is 0 Å². The molecular weight excluding hydrogens is 314 g/mol. The number of rotatable bonds is 3. The monoisotopic (exact) mass is 339 g/mol. The van der Waals surface area contributed by atoms with Gasteiger partial charge in [-0.2, -0.15) is 5.10 Å². The summed E-state index contributed by atoms with van der Waals surface area (Å²) >= 11 is 0. The lowest BCUT2D eigenvalue weighted by molar-refractivity contribution is -0.125. The topological polar surface area (TPSA) is 44.6 Å². The first kappa shape index (κ1) is 16.1. The smallest absolute Gasteiger partial charge is 0.245 e. The molecule has 0 bridgehead atoms. The molecule has 1 atom stereocenters. The molecule has 1 aromatic heterocycles. The number of aromatic nitrogens is 2. The minimum atomic E-state index is -0.00585. The highest BCUT2D eigenvalue weighted by Gasteiger charge is 2.36. The van der Waals surface area contributed by atoms with Gasteiger partial charge in [0.05, 0.1) is 6.04 Å². The maximum Gasteiger partial charge on any atom is 0.245 e. The standard InChI is InChI=1S/C19H25N5O/c1-21-11-9-18(20-21)24-10-5-8-17(19(24)25)23-14-12-22(13-15-23)16-6-3-2-4-7-16/h2-4,6-7,9,11,17H,5,8,10,12-15H2,1H3/t17-/m1/s1. The Hall–Kier alpha value is -2.34. The first-order valence-electron chi connectivity index (χ1n) is 9.07. The summed E-state index contributed by atoms with van der Waals surface area (Å²) in [6, 6.07) is 12.4. The number of piperidine rings is 1. The number of carbonyl (C=O) groups excluding carboxylic acids is 1. The van der Waals surface area contributed by atoms with Crippen LogP contribution >= 0.6 is 0 Å². The van der Waals surface area contributed by atoms with Crippen molar-refractivity contribution in [3.8, 4) is 0 Å². The van der Waals surface area contributed by atoms with Crippen LogP contribution in [0.3, 0.4) is 0 Å². The lowest BCUT2D eigenvalue weighted by Crippen LogP contribution is -2.58. The van der Waals surface area contributed by atoms with E-state index in [1.54, 1.807) is 4.68 Å². The second-order valence-electron chi connectivity index (χ2n) is 6.85. The van der Waals surface area contributed by atoms with Crippen molar-refractivity contribution < 1.29 is 4.79 Å². The van der Waals surface area contributed by atoms with Gasteiger partial charge < -0.3 is 4.90 Å². The Kier molecular flexibility index (Phi) is 4.44. The molecule has 6 nitrogen and oxygen atoms in total. The molecular formula is C19H25N5O. The molecule has 132 valence electrons. The van der Waals surface area contributed by atoms with Gasteiger partial charge in [0.15, 0.2) is 5.82 Å². The first-order valence-corrected chi connectivity index (χ1v) is 9.07. The first-order chi connectivity index (χ1) is 12.2. The zero-order chi connectivity index (χ0) is 17.2. The number of aryl methyl sites for hydroxylation is 1. The Morgan fingerprint density at radius 1 is 1.00 bits per heavy atom. The molecule has 2 fully saturated rings. The fourth-order valence-electron chi connectivity index (χ4n) is 3.90. The summed E-state index contributed by atoms with van der Waals surface area (Å²) in [6.07, 6.45) is 3.88. The number of nitrogens with zero attached hydrogens (tertiary/aromatic N) is 5. The maximum absolute atomic E-state index is 13.0. The van der Waals surface area contributed by atoms with E-state index in [0.717, 1.165) is 51.4 Å². The van der Waals surface area contributed by atoms with Crippen molar-refractivity contribution >= 4 is 17.4 Å². The highest BCUT2D eigenvalue weighted by Crippen LogP contribution is 2.24. The van der Waals surface area contributed by atoms with Crippen molar-refractivity contribution in [3.05, 3.63) is 42.6 Å². The van der Waals surface area contributed by atoms with Gasteiger partial charge in [-0.25, -0.2) is 0 Å². The zero-order valence-corrected chi connectivity index (χ0v) is 14.7. The summed E-state index contributed by atoms with van der Waals surface area (Å²) in [5.74, 6) is 0.984. The van der Waals surface area contributed by atoms with Crippen LogP contribution in [0.2, 0.25) is 0 Å². The van der Waals surface area contributed by atoms with Gasteiger partial charge in [-0.15, -0.1) is 0 Å². The number of carbonyl (C=O) groups is 1. The van der Waals surface area contributed by atoms with Gasteiger partial charge in [-0.05, 0) is 25.0 Å². The Balaban J connectivity index is 1.41. The van der Waals surface area contributed by atoms with Gasteiger partial charge in [0.1, 0.15) is 0 Å². The highest BCUT2D eigenvalue weighted by atomic mass is 16.2. The van der Waals surface area contributed by atoms with E-state index < -0.39 is 0 Å². The largest absolute Gasteiger partial charge is 0.369 e. The molecule has 1 amide bonds. The second-order valence-corrected chi connectivity index (χ2v) is 6.85. The van der Waals surface area contributed by atoms with Crippen LogP contribution in [0.15, 0.2) is 42.6 Å². The molecule has 1 aromatic carbocycles. The quantitative estimate of drug-likeness (QED) is 0.854. The lowest BCUT2D eigenvalue weighted by atomic mass is 10.0. The molecule has 0 unspecified atom stereocenters. The summed E-state index contributed by atoms with van der Waals surface area (Å²) < 4.78 is 1.75. The van der Waals surface area contributed by atoms with Gasteiger partial charge in [0.2, 0.25) is 5.91 Å². The third kappa shape index (κ3) is 3.26. The van der Waals surface area contributed by atoms with Gasteiger partial charge in [-0.1, -0.05) is 18.2 Å². The number of benzene rings is 1. The van der Waals surface area contributed by atoms with Crippen molar-refractivity contribution in [2.45, 2.75) is 18.9 Å². The van der Waals surface area contributed by atoms with E-state index in [0.29, 0.717) is 0 Å². The van der Waals surface area contributed by atoms with E-state index >= 15 is 0 Å².